The van der Waals surface area contributed by atoms with Crippen molar-refractivity contribution in [2.24, 2.45) is 0 Å². The van der Waals surface area contributed by atoms with E-state index in [1.807, 2.05) is 49.4 Å². The van der Waals surface area contributed by atoms with Crippen LogP contribution in [0.4, 0.5) is 0 Å². The fourth-order valence-corrected chi connectivity index (χ4v) is 3.45. The van der Waals surface area contributed by atoms with Gasteiger partial charge in [0, 0.05) is 37.3 Å². The van der Waals surface area contributed by atoms with E-state index in [0.29, 0.717) is 12.4 Å². The highest BCUT2D eigenvalue weighted by Gasteiger charge is 2.24. The second-order valence-corrected chi connectivity index (χ2v) is 7.19. The van der Waals surface area contributed by atoms with E-state index >= 15 is 0 Å². The maximum Gasteiger partial charge on any atom is 0.331 e. The van der Waals surface area contributed by atoms with Crippen LogP contribution >= 0.6 is 0 Å². The molecule has 1 N–H and O–H groups in total. The normalized spacial score (nSPS) is 16.5. The Balaban J connectivity index is 1.39. The van der Waals surface area contributed by atoms with Crippen molar-refractivity contribution in [3.05, 3.63) is 71.8 Å². The summed E-state index contributed by atoms with van der Waals surface area (Å²) >= 11 is 0. The molecule has 1 atom stereocenters. The number of amides is 1. The summed E-state index contributed by atoms with van der Waals surface area (Å²) in [6, 6.07) is 17.8. The van der Waals surface area contributed by atoms with E-state index in [0.717, 1.165) is 31.6 Å². The number of hydrogen-bond acceptors (Lipinski definition) is 5. The standard InChI is InChI=1S/C24H28N2O4/c1-2-29-22-11-7-6-10-20(22)12-13-24(28)30-18-23(27)25-21-14-15-26(17-21)16-19-8-4-3-5-9-19/h3-13,21H,2,14-18H2,1H3,(H,25,27)/b13-12+. The van der Waals surface area contributed by atoms with Gasteiger partial charge in [0.15, 0.2) is 6.61 Å². The molecule has 1 saturated heterocycles. The molecule has 1 amide bonds. The zero-order chi connectivity index (χ0) is 21.2. The largest absolute Gasteiger partial charge is 0.493 e. The highest BCUT2D eigenvalue weighted by molar-refractivity contribution is 5.89. The molecule has 2 aromatic rings. The molecular weight excluding hydrogens is 380 g/mol. The van der Waals surface area contributed by atoms with Crippen LogP contribution in [0.15, 0.2) is 60.7 Å². The van der Waals surface area contributed by atoms with E-state index < -0.39 is 5.97 Å². The maximum absolute atomic E-state index is 12.1. The van der Waals surface area contributed by atoms with Crippen LogP contribution in [0.2, 0.25) is 0 Å². The number of benzene rings is 2. The number of nitrogens with one attached hydrogen (secondary N) is 1. The highest BCUT2D eigenvalue weighted by Crippen LogP contribution is 2.19. The summed E-state index contributed by atoms with van der Waals surface area (Å²) in [5.41, 5.74) is 2.04. The Labute approximate surface area is 177 Å². The summed E-state index contributed by atoms with van der Waals surface area (Å²) in [6.45, 7) is 4.75. The number of carbonyl (C=O) groups is 2. The van der Waals surface area contributed by atoms with Crippen LogP contribution in [0, 0.1) is 0 Å². The van der Waals surface area contributed by atoms with Gasteiger partial charge in [0.1, 0.15) is 5.75 Å². The first-order chi connectivity index (χ1) is 14.6. The minimum Gasteiger partial charge on any atom is -0.493 e. The molecule has 6 nitrogen and oxygen atoms in total. The van der Waals surface area contributed by atoms with Crippen molar-refractivity contribution in [1.29, 1.82) is 0 Å². The van der Waals surface area contributed by atoms with Crippen molar-refractivity contribution in [3.8, 4) is 5.75 Å². The predicted octanol–water partition coefficient (Wildman–Crippen LogP) is 3.03. The second-order valence-electron chi connectivity index (χ2n) is 7.19. The van der Waals surface area contributed by atoms with Gasteiger partial charge >= 0.3 is 5.97 Å². The number of para-hydroxylation sites is 1. The Hall–Kier alpha value is -3.12. The summed E-state index contributed by atoms with van der Waals surface area (Å²) in [5, 5.41) is 2.95. The molecule has 0 radical (unpaired) electrons. The zero-order valence-corrected chi connectivity index (χ0v) is 17.3. The first-order valence-electron chi connectivity index (χ1n) is 10.3. The summed E-state index contributed by atoms with van der Waals surface area (Å²) in [4.78, 5) is 26.4. The fraction of sp³-hybridized carbons (Fsp3) is 0.333. The van der Waals surface area contributed by atoms with Gasteiger partial charge in [-0.3, -0.25) is 9.69 Å². The molecular formula is C24H28N2O4. The number of nitrogens with zero attached hydrogens (tertiary/aromatic N) is 1. The van der Waals surface area contributed by atoms with Crippen LogP contribution in [0.1, 0.15) is 24.5 Å². The summed E-state index contributed by atoms with van der Waals surface area (Å²) in [5.74, 6) is -0.144. The molecule has 0 bridgehead atoms. The van der Waals surface area contributed by atoms with Crippen LogP contribution < -0.4 is 10.1 Å². The highest BCUT2D eigenvalue weighted by atomic mass is 16.5. The molecule has 1 unspecified atom stereocenters. The number of esters is 1. The quantitative estimate of drug-likeness (QED) is 0.510. The van der Waals surface area contributed by atoms with E-state index in [2.05, 4.69) is 22.3 Å². The summed E-state index contributed by atoms with van der Waals surface area (Å²) < 4.78 is 10.6. The Bertz CT molecular complexity index is 867. The van der Waals surface area contributed by atoms with Gasteiger partial charge in [-0.15, -0.1) is 0 Å². The Morgan fingerprint density at radius 1 is 1.13 bits per heavy atom. The average Bonchev–Trinajstić information content (AvgIpc) is 3.19. The maximum atomic E-state index is 12.1. The SMILES string of the molecule is CCOc1ccccc1/C=C/C(=O)OCC(=O)NC1CCN(Cc2ccccc2)C1. The predicted molar refractivity (Wildman–Crippen MR) is 116 cm³/mol. The molecule has 0 saturated carbocycles. The third-order valence-corrected chi connectivity index (χ3v) is 4.85. The van der Waals surface area contributed by atoms with Crippen LogP contribution in [-0.4, -0.2) is 49.1 Å². The number of likely N-dealkylation sites (tertiary alicyclic amines) is 1. The molecule has 1 aliphatic rings. The summed E-state index contributed by atoms with van der Waals surface area (Å²) in [6.07, 6.45) is 3.83. The molecule has 0 spiro atoms. The van der Waals surface area contributed by atoms with E-state index in [9.17, 15) is 9.59 Å². The topological polar surface area (TPSA) is 67.9 Å². The first kappa shape index (κ1) is 21.6. The average molecular weight is 408 g/mol. The van der Waals surface area contributed by atoms with E-state index in [4.69, 9.17) is 9.47 Å². The molecule has 3 rings (SSSR count). The molecule has 0 aliphatic carbocycles. The Morgan fingerprint density at radius 3 is 2.70 bits per heavy atom. The van der Waals surface area contributed by atoms with Crippen molar-refractivity contribution >= 4 is 18.0 Å². The first-order valence-corrected chi connectivity index (χ1v) is 10.3. The minimum atomic E-state index is -0.562. The molecule has 158 valence electrons. The van der Waals surface area contributed by atoms with Crippen molar-refractivity contribution in [1.82, 2.24) is 10.2 Å². The third kappa shape index (κ3) is 6.74. The van der Waals surface area contributed by atoms with Crippen molar-refractivity contribution in [2.45, 2.75) is 25.9 Å². The van der Waals surface area contributed by atoms with E-state index in [-0.39, 0.29) is 18.6 Å². The second kappa shape index (κ2) is 11.2. The lowest BCUT2D eigenvalue weighted by molar-refractivity contribution is -0.144. The fourth-order valence-electron chi connectivity index (χ4n) is 3.45. The Kier molecular flexibility index (Phi) is 8.03. The number of rotatable bonds is 9. The van der Waals surface area contributed by atoms with Crippen LogP contribution in [-0.2, 0) is 20.9 Å². The minimum absolute atomic E-state index is 0.0773. The molecule has 2 aromatic carbocycles. The molecule has 1 fully saturated rings. The molecule has 1 aliphatic heterocycles. The Morgan fingerprint density at radius 2 is 1.90 bits per heavy atom. The number of carbonyl (C=O) groups excluding carboxylic acids is 2. The lowest BCUT2D eigenvalue weighted by atomic mass is 10.2. The van der Waals surface area contributed by atoms with Gasteiger partial charge in [0.2, 0.25) is 0 Å². The lowest BCUT2D eigenvalue weighted by Crippen LogP contribution is -2.39. The van der Waals surface area contributed by atoms with Gasteiger partial charge < -0.3 is 14.8 Å². The lowest BCUT2D eigenvalue weighted by Gasteiger charge is -2.16. The summed E-state index contributed by atoms with van der Waals surface area (Å²) in [7, 11) is 0. The van der Waals surface area contributed by atoms with Gasteiger partial charge in [-0.25, -0.2) is 4.79 Å². The van der Waals surface area contributed by atoms with Crippen LogP contribution in [0.25, 0.3) is 6.08 Å². The third-order valence-electron chi connectivity index (χ3n) is 4.85. The van der Waals surface area contributed by atoms with Gasteiger partial charge in [-0.2, -0.15) is 0 Å². The van der Waals surface area contributed by atoms with Gasteiger partial charge in [-0.1, -0.05) is 48.5 Å². The molecule has 30 heavy (non-hydrogen) atoms. The zero-order valence-electron chi connectivity index (χ0n) is 17.3. The molecule has 0 aromatic heterocycles. The van der Waals surface area contributed by atoms with E-state index in [1.165, 1.54) is 11.6 Å². The van der Waals surface area contributed by atoms with Crippen molar-refractivity contribution in [2.75, 3.05) is 26.3 Å². The number of ether oxygens (including phenoxy) is 2. The van der Waals surface area contributed by atoms with Crippen molar-refractivity contribution < 1.29 is 19.1 Å². The van der Waals surface area contributed by atoms with Gasteiger partial charge in [-0.05, 0) is 31.1 Å². The van der Waals surface area contributed by atoms with Crippen molar-refractivity contribution in [3.63, 3.8) is 0 Å². The smallest absolute Gasteiger partial charge is 0.331 e. The number of hydrogen-bond donors (Lipinski definition) is 1. The van der Waals surface area contributed by atoms with Gasteiger partial charge in [0.05, 0.1) is 6.61 Å². The van der Waals surface area contributed by atoms with E-state index in [1.54, 1.807) is 6.08 Å². The monoisotopic (exact) mass is 408 g/mol. The van der Waals surface area contributed by atoms with Crippen LogP contribution in [0.3, 0.4) is 0 Å². The van der Waals surface area contributed by atoms with Crippen LogP contribution in [0.5, 0.6) is 5.75 Å². The molecule has 1 heterocycles. The van der Waals surface area contributed by atoms with Gasteiger partial charge in [0.25, 0.3) is 5.91 Å². The molecule has 6 heteroatoms.